The summed E-state index contributed by atoms with van der Waals surface area (Å²) in [5, 5.41) is 0. The van der Waals surface area contributed by atoms with E-state index in [0.29, 0.717) is 0 Å². The third-order valence-electron chi connectivity index (χ3n) is 6.20. The lowest BCUT2D eigenvalue weighted by Gasteiger charge is -2.37. The van der Waals surface area contributed by atoms with Gasteiger partial charge in [-0.1, -0.05) is 17.7 Å². The predicted molar refractivity (Wildman–Crippen MR) is 116 cm³/mol. The van der Waals surface area contributed by atoms with Gasteiger partial charge in [0.05, 0.1) is 0 Å². The molecule has 30 heavy (non-hydrogen) atoms. The van der Waals surface area contributed by atoms with Crippen molar-refractivity contribution >= 4 is 17.4 Å². The van der Waals surface area contributed by atoms with Crippen LogP contribution in [0.2, 0.25) is 0 Å². The van der Waals surface area contributed by atoms with Gasteiger partial charge in [0.25, 0.3) is 0 Å². The van der Waals surface area contributed by atoms with Crippen LogP contribution < -0.4 is 9.80 Å². The number of carbonyl (C=O) groups excluding carboxylic acids is 1. The Balaban J connectivity index is 1.27. The standard InChI is InChI=1S/C23H26N6O/c1-17-4-5-20-19(13-17)3-2-9-29(20)23(30)18-6-10-27(11-7-18)21-14-22(26-15-25-21)28-12-8-24-16-28/h4-5,8,12-16,18H,2-3,6-7,9-11H2,1H3. The number of aryl methyl sites for hydroxylation is 2. The number of benzene rings is 1. The van der Waals surface area contributed by atoms with Gasteiger partial charge >= 0.3 is 0 Å². The summed E-state index contributed by atoms with van der Waals surface area (Å²) in [5.74, 6) is 2.05. The van der Waals surface area contributed by atoms with Crippen LogP contribution in [0.4, 0.5) is 11.5 Å². The Hall–Kier alpha value is -3.22. The van der Waals surface area contributed by atoms with E-state index >= 15 is 0 Å². The first-order valence-corrected chi connectivity index (χ1v) is 10.7. The molecule has 1 amide bonds. The molecule has 0 spiro atoms. The van der Waals surface area contributed by atoms with Crippen LogP contribution in [-0.4, -0.2) is 45.1 Å². The first kappa shape index (κ1) is 18.8. The molecule has 5 rings (SSSR count). The van der Waals surface area contributed by atoms with Crippen LogP contribution in [0.5, 0.6) is 0 Å². The highest BCUT2D eigenvalue weighted by atomic mass is 16.2. The van der Waals surface area contributed by atoms with Gasteiger partial charge in [-0.3, -0.25) is 9.36 Å². The number of amides is 1. The van der Waals surface area contributed by atoms with E-state index in [0.717, 1.165) is 62.6 Å². The number of hydrogen-bond acceptors (Lipinski definition) is 5. The molecule has 2 aromatic heterocycles. The van der Waals surface area contributed by atoms with Gasteiger partial charge in [-0.05, 0) is 44.2 Å². The summed E-state index contributed by atoms with van der Waals surface area (Å²) in [6.45, 7) is 4.59. The van der Waals surface area contributed by atoms with Gasteiger partial charge in [0.2, 0.25) is 5.91 Å². The average molecular weight is 403 g/mol. The molecule has 7 heteroatoms. The second-order valence-corrected chi connectivity index (χ2v) is 8.19. The van der Waals surface area contributed by atoms with Crippen LogP contribution in [0.3, 0.4) is 0 Å². The van der Waals surface area contributed by atoms with Gasteiger partial charge in [-0.15, -0.1) is 0 Å². The van der Waals surface area contributed by atoms with Crippen molar-refractivity contribution < 1.29 is 4.79 Å². The Morgan fingerprint density at radius 1 is 1.07 bits per heavy atom. The number of imidazole rings is 1. The molecule has 4 heterocycles. The molecule has 7 nitrogen and oxygen atoms in total. The molecule has 0 unspecified atom stereocenters. The SMILES string of the molecule is Cc1ccc2c(c1)CCCN2C(=O)C1CCN(c2cc(-n3ccnc3)ncn2)CC1. The summed E-state index contributed by atoms with van der Waals surface area (Å²) >= 11 is 0. The van der Waals surface area contributed by atoms with E-state index in [-0.39, 0.29) is 11.8 Å². The van der Waals surface area contributed by atoms with Crippen LogP contribution in [0.15, 0.2) is 49.3 Å². The van der Waals surface area contributed by atoms with Crippen LogP contribution in [0.25, 0.3) is 5.82 Å². The molecule has 0 atom stereocenters. The van der Waals surface area contributed by atoms with Gasteiger partial charge in [0, 0.05) is 49.7 Å². The number of rotatable bonds is 3. The maximum absolute atomic E-state index is 13.3. The second-order valence-electron chi connectivity index (χ2n) is 8.19. The highest BCUT2D eigenvalue weighted by Gasteiger charge is 2.31. The Kier molecular flexibility index (Phi) is 4.94. The lowest BCUT2D eigenvalue weighted by Crippen LogP contribution is -2.44. The van der Waals surface area contributed by atoms with E-state index in [9.17, 15) is 4.79 Å². The van der Waals surface area contributed by atoms with E-state index in [1.165, 1.54) is 11.1 Å². The minimum absolute atomic E-state index is 0.0726. The zero-order chi connectivity index (χ0) is 20.5. The Bertz CT molecular complexity index is 1040. The average Bonchev–Trinajstić information content (AvgIpc) is 3.33. The van der Waals surface area contributed by atoms with E-state index in [2.05, 4.69) is 45.0 Å². The summed E-state index contributed by atoms with van der Waals surface area (Å²) in [6, 6.07) is 8.44. The zero-order valence-electron chi connectivity index (χ0n) is 17.2. The maximum Gasteiger partial charge on any atom is 0.230 e. The Morgan fingerprint density at radius 2 is 1.90 bits per heavy atom. The summed E-state index contributed by atoms with van der Waals surface area (Å²) in [4.78, 5) is 30.5. The van der Waals surface area contributed by atoms with E-state index in [1.807, 2.05) is 21.7 Å². The van der Waals surface area contributed by atoms with E-state index in [1.54, 1.807) is 18.9 Å². The lowest BCUT2D eigenvalue weighted by atomic mass is 9.92. The normalized spacial score (nSPS) is 17.1. The van der Waals surface area contributed by atoms with Crippen molar-refractivity contribution in [2.45, 2.75) is 32.6 Å². The fourth-order valence-corrected chi connectivity index (χ4v) is 4.58. The zero-order valence-corrected chi connectivity index (χ0v) is 17.2. The number of fused-ring (bicyclic) bond motifs is 1. The van der Waals surface area contributed by atoms with Crippen molar-refractivity contribution in [2.75, 3.05) is 29.4 Å². The van der Waals surface area contributed by atoms with Crippen LogP contribution in [0.1, 0.15) is 30.4 Å². The van der Waals surface area contributed by atoms with Gasteiger partial charge in [0.15, 0.2) is 0 Å². The molecule has 154 valence electrons. The molecule has 2 aliphatic heterocycles. The smallest absolute Gasteiger partial charge is 0.230 e. The molecule has 0 radical (unpaired) electrons. The topological polar surface area (TPSA) is 67.2 Å². The van der Waals surface area contributed by atoms with Gasteiger partial charge in [-0.2, -0.15) is 0 Å². The third kappa shape index (κ3) is 3.56. The minimum Gasteiger partial charge on any atom is -0.356 e. The first-order valence-electron chi connectivity index (χ1n) is 10.7. The van der Waals surface area contributed by atoms with Crippen molar-refractivity contribution in [3.63, 3.8) is 0 Å². The molecule has 0 aliphatic carbocycles. The van der Waals surface area contributed by atoms with Crippen molar-refractivity contribution in [3.05, 3.63) is 60.4 Å². The van der Waals surface area contributed by atoms with E-state index in [4.69, 9.17) is 0 Å². The summed E-state index contributed by atoms with van der Waals surface area (Å²) in [5.41, 5.74) is 3.68. The Morgan fingerprint density at radius 3 is 2.70 bits per heavy atom. The summed E-state index contributed by atoms with van der Waals surface area (Å²) in [6.07, 6.45) is 10.7. The third-order valence-corrected chi connectivity index (χ3v) is 6.20. The number of aromatic nitrogens is 4. The molecule has 1 saturated heterocycles. The summed E-state index contributed by atoms with van der Waals surface area (Å²) in [7, 11) is 0. The summed E-state index contributed by atoms with van der Waals surface area (Å²) < 4.78 is 1.87. The molecule has 1 fully saturated rings. The van der Waals surface area contributed by atoms with Crippen molar-refractivity contribution in [2.24, 2.45) is 5.92 Å². The molecule has 1 aromatic carbocycles. The molecular formula is C23H26N6O. The van der Waals surface area contributed by atoms with Gasteiger partial charge in [-0.25, -0.2) is 15.0 Å². The highest BCUT2D eigenvalue weighted by Crippen LogP contribution is 2.31. The first-order chi connectivity index (χ1) is 14.7. The Labute approximate surface area is 176 Å². The molecule has 0 N–H and O–H groups in total. The second kappa shape index (κ2) is 7.89. The minimum atomic E-state index is 0.0726. The van der Waals surface area contributed by atoms with Gasteiger partial charge < -0.3 is 9.80 Å². The number of hydrogen-bond donors (Lipinski definition) is 0. The van der Waals surface area contributed by atoms with Crippen molar-refractivity contribution in [1.82, 2.24) is 19.5 Å². The number of nitrogens with zero attached hydrogens (tertiary/aromatic N) is 6. The molecule has 0 bridgehead atoms. The fraction of sp³-hybridized carbons (Fsp3) is 0.391. The highest BCUT2D eigenvalue weighted by molar-refractivity contribution is 5.96. The van der Waals surface area contributed by atoms with Crippen molar-refractivity contribution in [3.8, 4) is 5.82 Å². The van der Waals surface area contributed by atoms with Crippen molar-refractivity contribution in [1.29, 1.82) is 0 Å². The molecule has 2 aliphatic rings. The number of carbonyl (C=O) groups is 1. The van der Waals surface area contributed by atoms with Crippen LogP contribution in [0, 0.1) is 12.8 Å². The molecule has 0 saturated carbocycles. The lowest BCUT2D eigenvalue weighted by molar-refractivity contribution is -0.123. The number of anilines is 2. The fourth-order valence-electron chi connectivity index (χ4n) is 4.58. The monoisotopic (exact) mass is 402 g/mol. The van der Waals surface area contributed by atoms with E-state index < -0.39 is 0 Å². The molecular weight excluding hydrogens is 376 g/mol. The maximum atomic E-state index is 13.3. The molecule has 3 aromatic rings. The quantitative estimate of drug-likeness (QED) is 0.673. The number of piperidine rings is 1. The largest absolute Gasteiger partial charge is 0.356 e. The van der Waals surface area contributed by atoms with Crippen LogP contribution >= 0.6 is 0 Å². The predicted octanol–water partition coefficient (Wildman–Crippen LogP) is 3.17. The van der Waals surface area contributed by atoms with Gasteiger partial charge in [0.1, 0.15) is 24.3 Å². The van der Waals surface area contributed by atoms with Crippen LogP contribution in [-0.2, 0) is 11.2 Å².